The van der Waals surface area contributed by atoms with Gasteiger partial charge in [0, 0.05) is 10.6 Å². The average Bonchev–Trinajstić information content (AvgIpc) is 2.91. The first-order valence-corrected chi connectivity index (χ1v) is 8.30. The van der Waals surface area contributed by atoms with Gasteiger partial charge in [0.2, 0.25) is 0 Å². The van der Waals surface area contributed by atoms with Gasteiger partial charge in [0.05, 0.1) is 13.2 Å². The number of nitrogens with one attached hydrogen (secondary N) is 1. The third-order valence-corrected chi connectivity index (χ3v) is 5.42. The number of ether oxygens (including phenoxy) is 1. The van der Waals surface area contributed by atoms with Crippen LogP contribution in [0.25, 0.3) is 0 Å². The zero-order valence-electron chi connectivity index (χ0n) is 10.9. The zero-order valence-corrected chi connectivity index (χ0v) is 12.5. The fourth-order valence-electron chi connectivity index (χ4n) is 1.58. The molecule has 20 heavy (non-hydrogen) atoms. The number of benzene rings is 1. The second-order valence-electron chi connectivity index (χ2n) is 3.94. The number of hydrogen-bond donors (Lipinski definition) is 2. The Labute approximate surface area is 121 Å². The minimum atomic E-state index is -3.61. The fraction of sp³-hybridized carbons (Fsp3) is 0.231. The SMILES string of the molecule is CCOc1ccc(NS(=O)(=O)c2ccc(CO)s2)cc1. The van der Waals surface area contributed by atoms with Crippen molar-refractivity contribution in [3.05, 3.63) is 41.3 Å². The Kier molecular flexibility index (Phi) is 4.64. The summed E-state index contributed by atoms with van der Waals surface area (Å²) in [6.45, 7) is 2.28. The summed E-state index contributed by atoms with van der Waals surface area (Å²) in [4.78, 5) is 0.608. The van der Waals surface area contributed by atoms with Crippen LogP contribution in [0.4, 0.5) is 5.69 Å². The van der Waals surface area contributed by atoms with Crippen LogP contribution < -0.4 is 9.46 Å². The van der Waals surface area contributed by atoms with E-state index in [1.54, 1.807) is 30.3 Å². The largest absolute Gasteiger partial charge is 0.494 e. The molecular weight excluding hydrogens is 298 g/mol. The molecule has 0 bridgehead atoms. The van der Waals surface area contributed by atoms with Gasteiger partial charge in [-0.25, -0.2) is 8.42 Å². The van der Waals surface area contributed by atoms with Gasteiger partial charge < -0.3 is 9.84 Å². The van der Waals surface area contributed by atoms with Crippen molar-refractivity contribution in [2.75, 3.05) is 11.3 Å². The number of rotatable bonds is 6. The maximum Gasteiger partial charge on any atom is 0.271 e. The zero-order chi connectivity index (χ0) is 14.6. The van der Waals surface area contributed by atoms with E-state index < -0.39 is 10.0 Å². The van der Waals surface area contributed by atoms with E-state index in [0.717, 1.165) is 11.3 Å². The highest BCUT2D eigenvalue weighted by atomic mass is 32.2. The van der Waals surface area contributed by atoms with E-state index in [9.17, 15) is 8.42 Å². The van der Waals surface area contributed by atoms with Crippen LogP contribution in [-0.2, 0) is 16.6 Å². The van der Waals surface area contributed by atoms with E-state index >= 15 is 0 Å². The van der Waals surface area contributed by atoms with Crippen molar-refractivity contribution in [1.29, 1.82) is 0 Å². The Morgan fingerprint density at radius 1 is 1.20 bits per heavy atom. The molecule has 0 fully saturated rings. The van der Waals surface area contributed by atoms with Gasteiger partial charge in [0.15, 0.2) is 0 Å². The topological polar surface area (TPSA) is 75.6 Å². The number of sulfonamides is 1. The van der Waals surface area contributed by atoms with Crippen LogP contribution in [-0.4, -0.2) is 20.1 Å². The minimum absolute atomic E-state index is 0.163. The first kappa shape index (κ1) is 14.8. The maximum atomic E-state index is 12.1. The lowest BCUT2D eigenvalue weighted by Crippen LogP contribution is -2.11. The minimum Gasteiger partial charge on any atom is -0.494 e. The molecule has 0 aliphatic rings. The lowest BCUT2D eigenvalue weighted by Gasteiger charge is -2.07. The van der Waals surface area contributed by atoms with E-state index in [4.69, 9.17) is 9.84 Å². The normalized spacial score (nSPS) is 11.3. The molecule has 1 aromatic carbocycles. The molecule has 0 atom stereocenters. The summed E-state index contributed by atoms with van der Waals surface area (Å²) in [5, 5.41) is 8.97. The van der Waals surface area contributed by atoms with Crippen molar-refractivity contribution in [1.82, 2.24) is 0 Å². The van der Waals surface area contributed by atoms with E-state index in [1.165, 1.54) is 6.07 Å². The molecule has 2 N–H and O–H groups in total. The lowest BCUT2D eigenvalue weighted by atomic mass is 10.3. The Morgan fingerprint density at radius 2 is 1.90 bits per heavy atom. The van der Waals surface area contributed by atoms with Crippen molar-refractivity contribution in [2.45, 2.75) is 17.7 Å². The average molecular weight is 313 g/mol. The molecule has 5 nitrogen and oxygen atoms in total. The molecule has 0 aliphatic carbocycles. The Bertz CT molecular complexity index is 662. The molecule has 0 saturated heterocycles. The first-order valence-electron chi connectivity index (χ1n) is 6.00. The molecule has 1 aromatic heterocycles. The van der Waals surface area contributed by atoms with Gasteiger partial charge in [0.25, 0.3) is 10.0 Å². The van der Waals surface area contributed by atoms with Crippen LogP contribution in [0.1, 0.15) is 11.8 Å². The molecule has 2 rings (SSSR count). The van der Waals surface area contributed by atoms with Crippen molar-refractivity contribution >= 4 is 27.0 Å². The maximum absolute atomic E-state index is 12.1. The van der Waals surface area contributed by atoms with E-state index in [-0.39, 0.29) is 10.8 Å². The van der Waals surface area contributed by atoms with Crippen molar-refractivity contribution in [3.8, 4) is 5.75 Å². The van der Waals surface area contributed by atoms with Crippen LogP contribution in [0, 0.1) is 0 Å². The lowest BCUT2D eigenvalue weighted by molar-refractivity contribution is 0.285. The molecule has 0 unspecified atom stereocenters. The molecule has 108 valence electrons. The monoisotopic (exact) mass is 313 g/mol. The van der Waals surface area contributed by atoms with Gasteiger partial charge in [-0.3, -0.25) is 4.72 Å². The Hall–Kier alpha value is -1.57. The number of aliphatic hydroxyl groups excluding tert-OH is 1. The van der Waals surface area contributed by atoms with Gasteiger partial charge in [-0.15, -0.1) is 11.3 Å². The number of hydrogen-bond acceptors (Lipinski definition) is 5. The summed E-state index contributed by atoms with van der Waals surface area (Å²) in [5.74, 6) is 0.689. The molecule has 0 saturated carbocycles. The van der Waals surface area contributed by atoms with Crippen molar-refractivity contribution < 1.29 is 18.3 Å². The Morgan fingerprint density at radius 3 is 2.45 bits per heavy atom. The highest BCUT2D eigenvalue weighted by Gasteiger charge is 2.16. The second kappa shape index (κ2) is 6.25. The van der Waals surface area contributed by atoms with Crippen LogP contribution in [0.5, 0.6) is 5.75 Å². The molecular formula is C13H15NO4S2. The predicted molar refractivity (Wildman–Crippen MR) is 78.7 cm³/mol. The van der Waals surface area contributed by atoms with Crippen LogP contribution in [0.3, 0.4) is 0 Å². The molecule has 7 heteroatoms. The summed E-state index contributed by atoms with van der Waals surface area (Å²) in [6.07, 6.45) is 0. The highest BCUT2D eigenvalue weighted by molar-refractivity contribution is 7.94. The van der Waals surface area contributed by atoms with E-state index in [1.807, 2.05) is 6.92 Å². The van der Waals surface area contributed by atoms with Gasteiger partial charge in [-0.1, -0.05) is 0 Å². The quantitative estimate of drug-likeness (QED) is 0.859. The van der Waals surface area contributed by atoms with Crippen LogP contribution in [0.2, 0.25) is 0 Å². The third-order valence-electron chi connectivity index (χ3n) is 2.48. The van der Waals surface area contributed by atoms with Crippen molar-refractivity contribution in [2.24, 2.45) is 0 Å². The molecule has 0 spiro atoms. The number of thiophene rings is 1. The molecule has 0 radical (unpaired) electrons. The summed E-state index contributed by atoms with van der Waals surface area (Å²) < 4.78 is 32.2. The van der Waals surface area contributed by atoms with E-state index in [2.05, 4.69) is 4.72 Å². The molecule has 0 aliphatic heterocycles. The fourth-order valence-corrected chi connectivity index (χ4v) is 3.85. The molecule has 0 amide bonds. The number of anilines is 1. The first-order chi connectivity index (χ1) is 9.55. The highest BCUT2D eigenvalue weighted by Crippen LogP contribution is 2.25. The second-order valence-corrected chi connectivity index (χ2v) is 7.02. The van der Waals surface area contributed by atoms with Gasteiger partial charge in [-0.05, 0) is 43.3 Å². The van der Waals surface area contributed by atoms with Gasteiger partial charge >= 0.3 is 0 Å². The standard InChI is InChI=1S/C13H15NO4S2/c1-2-18-11-5-3-10(4-6-11)14-20(16,17)13-8-7-12(9-15)19-13/h3-8,14-15H,2,9H2,1H3. The van der Waals surface area contributed by atoms with Crippen LogP contribution >= 0.6 is 11.3 Å². The van der Waals surface area contributed by atoms with Gasteiger partial charge in [0.1, 0.15) is 9.96 Å². The molecule has 2 aromatic rings. The Balaban J connectivity index is 2.15. The smallest absolute Gasteiger partial charge is 0.271 e. The molecule has 1 heterocycles. The predicted octanol–water partition coefficient (Wildman–Crippen LogP) is 2.44. The van der Waals surface area contributed by atoms with Gasteiger partial charge in [-0.2, -0.15) is 0 Å². The third kappa shape index (κ3) is 3.50. The summed E-state index contributed by atoms with van der Waals surface area (Å²) in [7, 11) is -3.61. The summed E-state index contributed by atoms with van der Waals surface area (Å²) >= 11 is 1.05. The summed E-state index contributed by atoms with van der Waals surface area (Å²) in [5.41, 5.74) is 0.465. The summed E-state index contributed by atoms with van der Waals surface area (Å²) in [6, 6.07) is 9.76. The van der Waals surface area contributed by atoms with Crippen molar-refractivity contribution in [3.63, 3.8) is 0 Å². The number of aliphatic hydroxyl groups is 1. The van der Waals surface area contributed by atoms with Crippen LogP contribution in [0.15, 0.2) is 40.6 Å². The van der Waals surface area contributed by atoms with E-state index in [0.29, 0.717) is 22.9 Å².